The summed E-state index contributed by atoms with van der Waals surface area (Å²) >= 11 is 0. The number of aliphatic hydroxyl groups excluding tert-OH is 1. The SMILES string of the molecule is CC1(C)O[C@H]2C3=C4[C@@H](CCCC[C@@]42O1)[C@H](C1(O)CCCC1)/C=C\C=C/3CO. The standard InChI is InChI=1S/C23H32O4/c1-21(2)26-20-18-15(14-24)8-7-10-17(22(25)11-5-6-12-22)16-9-3-4-13-23(20,27-21)19(16)18/h7-8,10,16-17,20,24-25H,3-6,9,11-14H2,1-2H3/b10-7-,15-8-/t16-,17+,20-,23+/m0/s1. The van der Waals surface area contributed by atoms with E-state index < -0.39 is 11.4 Å². The van der Waals surface area contributed by atoms with E-state index >= 15 is 0 Å². The Morgan fingerprint density at radius 3 is 2.59 bits per heavy atom. The lowest BCUT2D eigenvalue weighted by Crippen LogP contribution is -2.56. The van der Waals surface area contributed by atoms with Gasteiger partial charge in [0.05, 0.1) is 12.2 Å². The molecule has 4 atom stereocenters. The Morgan fingerprint density at radius 1 is 1.11 bits per heavy atom. The maximum Gasteiger partial charge on any atom is 0.165 e. The Balaban J connectivity index is 1.67. The number of allylic oxidation sites excluding steroid dienone is 2. The summed E-state index contributed by atoms with van der Waals surface area (Å²) in [4.78, 5) is 0. The smallest absolute Gasteiger partial charge is 0.165 e. The molecule has 3 fully saturated rings. The summed E-state index contributed by atoms with van der Waals surface area (Å²) in [5, 5.41) is 21.6. The highest BCUT2D eigenvalue weighted by atomic mass is 16.8. The molecule has 5 rings (SSSR count). The lowest BCUT2D eigenvalue weighted by atomic mass is 9.58. The topological polar surface area (TPSA) is 58.9 Å². The van der Waals surface area contributed by atoms with Crippen molar-refractivity contribution in [2.75, 3.05) is 6.61 Å². The molecule has 4 aliphatic carbocycles. The number of ether oxygens (including phenoxy) is 2. The molecule has 148 valence electrons. The molecule has 2 saturated carbocycles. The fourth-order valence-corrected chi connectivity index (χ4v) is 6.63. The molecule has 0 amide bonds. The second-order valence-corrected chi connectivity index (χ2v) is 9.64. The van der Waals surface area contributed by atoms with E-state index in [-0.39, 0.29) is 30.1 Å². The summed E-state index contributed by atoms with van der Waals surface area (Å²) in [6, 6.07) is 0. The van der Waals surface area contributed by atoms with E-state index in [4.69, 9.17) is 9.47 Å². The van der Waals surface area contributed by atoms with Crippen molar-refractivity contribution in [1.82, 2.24) is 0 Å². The lowest BCUT2D eigenvalue weighted by Gasteiger charge is -2.52. The molecule has 0 aromatic rings. The van der Waals surface area contributed by atoms with Gasteiger partial charge in [0.1, 0.15) is 11.7 Å². The monoisotopic (exact) mass is 372 g/mol. The minimum absolute atomic E-state index is 0.0151. The number of hydrogen-bond acceptors (Lipinski definition) is 4. The molecule has 4 heteroatoms. The van der Waals surface area contributed by atoms with Crippen LogP contribution in [-0.2, 0) is 9.47 Å². The van der Waals surface area contributed by atoms with E-state index in [9.17, 15) is 10.2 Å². The molecule has 0 bridgehead atoms. The number of hydrogen-bond donors (Lipinski definition) is 2. The largest absolute Gasteiger partial charge is 0.392 e. The zero-order chi connectivity index (χ0) is 18.9. The van der Waals surface area contributed by atoms with Crippen LogP contribution in [0.3, 0.4) is 0 Å². The molecule has 5 aliphatic rings. The van der Waals surface area contributed by atoms with Crippen molar-refractivity contribution in [3.05, 3.63) is 34.9 Å². The molecule has 27 heavy (non-hydrogen) atoms. The molecule has 4 nitrogen and oxygen atoms in total. The second kappa shape index (κ2) is 6.03. The van der Waals surface area contributed by atoms with Gasteiger partial charge in [0, 0.05) is 5.92 Å². The predicted octanol–water partition coefficient (Wildman–Crippen LogP) is 3.79. The van der Waals surface area contributed by atoms with Gasteiger partial charge in [-0.25, -0.2) is 0 Å². The molecule has 0 unspecified atom stereocenters. The van der Waals surface area contributed by atoms with Gasteiger partial charge in [-0.2, -0.15) is 0 Å². The summed E-state index contributed by atoms with van der Waals surface area (Å²) in [7, 11) is 0. The summed E-state index contributed by atoms with van der Waals surface area (Å²) in [6.45, 7) is 4.01. The zero-order valence-electron chi connectivity index (χ0n) is 16.5. The minimum atomic E-state index is -0.617. The average Bonchev–Trinajstić information content (AvgIpc) is 3.08. The Morgan fingerprint density at radius 2 is 1.85 bits per heavy atom. The Labute approximate surface area is 161 Å². The van der Waals surface area contributed by atoms with Crippen molar-refractivity contribution >= 4 is 0 Å². The summed E-state index contributed by atoms with van der Waals surface area (Å²) in [5.41, 5.74) is 2.45. The number of fused-ring (bicyclic) bond motifs is 1. The van der Waals surface area contributed by atoms with Gasteiger partial charge in [-0.15, -0.1) is 0 Å². The van der Waals surface area contributed by atoms with Crippen LogP contribution in [0.15, 0.2) is 34.9 Å². The minimum Gasteiger partial charge on any atom is -0.392 e. The van der Waals surface area contributed by atoms with Crippen molar-refractivity contribution in [2.24, 2.45) is 11.8 Å². The lowest BCUT2D eigenvalue weighted by molar-refractivity contribution is -0.155. The van der Waals surface area contributed by atoms with Gasteiger partial charge in [0.25, 0.3) is 0 Å². The first-order valence-corrected chi connectivity index (χ1v) is 10.7. The first-order valence-electron chi connectivity index (χ1n) is 10.7. The van der Waals surface area contributed by atoms with Crippen LogP contribution in [-0.4, -0.2) is 39.9 Å². The average molecular weight is 373 g/mol. The van der Waals surface area contributed by atoms with Gasteiger partial charge in [0.15, 0.2) is 5.79 Å². The third-order valence-electron chi connectivity index (χ3n) is 7.60. The third kappa shape index (κ3) is 2.50. The van der Waals surface area contributed by atoms with Crippen LogP contribution in [0.5, 0.6) is 0 Å². The van der Waals surface area contributed by atoms with E-state index in [1.54, 1.807) is 0 Å². The molecule has 0 aromatic carbocycles. The molecule has 0 radical (unpaired) electrons. The van der Waals surface area contributed by atoms with Crippen LogP contribution in [0.2, 0.25) is 0 Å². The predicted molar refractivity (Wildman–Crippen MR) is 103 cm³/mol. The molecular weight excluding hydrogens is 340 g/mol. The van der Waals surface area contributed by atoms with Crippen LogP contribution in [0, 0.1) is 11.8 Å². The van der Waals surface area contributed by atoms with Gasteiger partial charge in [-0.05, 0) is 62.2 Å². The van der Waals surface area contributed by atoms with Crippen molar-refractivity contribution in [2.45, 2.75) is 88.3 Å². The normalized spacial score (nSPS) is 44.9. The van der Waals surface area contributed by atoms with Crippen molar-refractivity contribution in [1.29, 1.82) is 0 Å². The third-order valence-corrected chi connectivity index (χ3v) is 7.60. The first-order chi connectivity index (χ1) is 12.9. The fourth-order valence-electron chi connectivity index (χ4n) is 6.63. The van der Waals surface area contributed by atoms with Crippen LogP contribution < -0.4 is 0 Å². The van der Waals surface area contributed by atoms with E-state index in [0.717, 1.165) is 62.5 Å². The fraction of sp³-hybridized carbons (Fsp3) is 0.739. The first kappa shape index (κ1) is 18.1. The summed E-state index contributed by atoms with van der Waals surface area (Å²) in [5.74, 6) is -0.232. The zero-order valence-corrected chi connectivity index (χ0v) is 16.5. The van der Waals surface area contributed by atoms with Gasteiger partial charge in [-0.3, -0.25) is 0 Å². The highest BCUT2D eigenvalue weighted by molar-refractivity contribution is 5.58. The molecule has 1 heterocycles. The molecule has 1 saturated heterocycles. The van der Waals surface area contributed by atoms with E-state index in [2.05, 4.69) is 12.2 Å². The van der Waals surface area contributed by atoms with Crippen molar-refractivity contribution in [3.63, 3.8) is 0 Å². The molecule has 0 aromatic heterocycles. The quantitative estimate of drug-likeness (QED) is 0.774. The van der Waals surface area contributed by atoms with Crippen LogP contribution in [0.25, 0.3) is 0 Å². The maximum atomic E-state index is 11.5. The van der Waals surface area contributed by atoms with E-state index in [1.807, 2.05) is 19.9 Å². The van der Waals surface area contributed by atoms with Crippen LogP contribution >= 0.6 is 0 Å². The Kier molecular flexibility index (Phi) is 4.04. The van der Waals surface area contributed by atoms with E-state index in [0.29, 0.717) is 0 Å². The van der Waals surface area contributed by atoms with E-state index in [1.165, 1.54) is 5.57 Å². The van der Waals surface area contributed by atoms with Crippen LogP contribution in [0.4, 0.5) is 0 Å². The van der Waals surface area contributed by atoms with Gasteiger partial charge in [-0.1, -0.05) is 43.9 Å². The Hall–Kier alpha value is -0.940. The van der Waals surface area contributed by atoms with Gasteiger partial charge in [0.2, 0.25) is 0 Å². The summed E-state index contributed by atoms with van der Waals surface area (Å²) < 4.78 is 12.9. The van der Waals surface area contributed by atoms with Gasteiger partial charge < -0.3 is 19.7 Å². The highest BCUT2D eigenvalue weighted by Gasteiger charge is 2.67. The Bertz CT molecular complexity index is 725. The number of aliphatic hydroxyl groups is 2. The molecule has 1 aliphatic heterocycles. The molecule has 2 N–H and O–H groups in total. The second-order valence-electron chi connectivity index (χ2n) is 9.64. The molecule has 1 spiro atoms. The number of rotatable bonds is 2. The maximum absolute atomic E-state index is 11.5. The highest BCUT2D eigenvalue weighted by Crippen LogP contribution is 2.63. The van der Waals surface area contributed by atoms with Gasteiger partial charge >= 0.3 is 0 Å². The van der Waals surface area contributed by atoms with Crippen molar-refractivity contribution in [3.8, 4) is 0 Å². The van der Waals surface area contributed by atoms with Crippen LogP contribution in [0.1, 0.15) is 65.2 Å². The summed E-state index contributed by atoms with van der Waals surface area (Å²) in [6.07, 6.45) is 14.5. The van der Waals surface area contributed by atoms with Crippen molar-refractivity contribution < 1.29 is 19.7 Å². The molecular formula is C23H32O4.